The van der Waals surface area contributed by atoms with Crippen molar-refractivity contribution < 1.29 is 4.79 Å². The van der Waals surface area contributed by atoms with Crippen LogP contribution in [-0.4, -0.2) is 31.5 Å². The molecule has 0 aliphatic carbocycles. The average Bonchev–Trinajstić information content (AvgIpc) is 3.54. The van der Waals surface area contributed by atoms with Crippen LogP contribution in [0.4, 0.5) is 11.8 Å². The van der Waals surface area contributed by atoms with Crippen molar-refractivity contribution in [3.05, 3.63) is 130 Å². The van der Waals surface area contributed by atoms with Gasteiger partial charge in [0.25, 0.3) is 0 Å². The van der Waals surface area contributed by atoms with E-state index in [4.69, 9.17) is 33.2 Å². The lowest BCUT2D eigenvalue weighted by atomic mass is 9.93. The van der Waals surface area contributed by atoms with Gasteiger partial charge < -0.3 is 15.5 Å². The van der Waals surface area contributed by atoms with Gasteiger partial charge in [-0.1, -0.05) is 71.7 Å². The number of carbonyl (C=O) groups is 1. The normalized spacial score (nSPS) is 14.4. The highest BCUT2D eigenvalue weighted by atomic mass is 35.5. The van der Waals surface area contributed by atoms with Crippen molar-refractivity contribution in [1.82, 2.24) is 24.8 Å². The number of aromatic nitrogens is 4. The number of anilines is 2. The van der Waals surface area contributed by atoms with E-state index in [1.807, 2.05) is 82.4 Å². The molecule has 8 nitrogen and oxygen atoms in total. The minimum absolute atomic E-state index is 0.0781. The number of carbonyl (C=O) groups excluding carboxylic acids is 1. The van der Waals surface area contributed by atoms with E-state index < -0.39 is 6.04 Å². The minimum Gasteiger partial charge on any atom is -0.350 e. The van der Waals surface area contributed by atoms with Gasteiger partial charge in [-0.25, -0.2) is 4.98 Å². The number of nitrogens with zero attached hydrogens (tertiary/aromatic N) is 5. The third-order valence-corrected chi connectivity index (χ3v) is 7.52. The molecule has 206 valence electrons. The number of amides is 1. The molecule has 10 heteroatoms. The average molecular weight is 585 g/mol. The number of benzene rings is 3. The quantitative estimate of drug-likeness (QED) is 0.239. The predicted molar refractivity (Wildman–Crippen MR) is 161 cm³/mol. The highest BCUT2D eigenvalue weighted by molar-refractivity contribution is 6.30. The van der Waals surface area contributed by atoms with Gasteiger partial charge in [0.1, 0.15) is 24.0 Å². The zero-order valence-corrected chi connectivity index (χ0v) is 23.6. The highest BCUT2D eigenvalue weighted by Crippen LogP contribution is 2.29. The maximum absolute atomic E-state index is 13.7. The molecule has 3 heterocycles. The van der Waals surface area contributed by atoms with E-state index >= 15 is 0 Å². The van der Waals surface area contributed by atoms with Crippen molar-refractivity contribution in [2.75, 3.05) is 10.2 Å². The van der Waals surface area contributed by atoms with E-state index in [1.54, 1.807) is 12.5 Å². The van der Waals surface area contributed by atoms with Gasteiger partial charge in [-0.2, -0.15) is 9.97 Å². The number of hydrogen-bond acceptors (Lipinski definition) is 6. The van der Waals surface area contributed by atoms with Crippen molar-refractivity contribution >= 4 is 40.9 Å². The Labute approximate surface area is 248 Å². The van der Waals surface area contributed by atoms with Crippen molar-refractivity contribution in [1.29, 1.82) is 0 Å². The summed E-state index contributed by atoms with van der Waals surface area (Å²) in [6.45, 7) is 1.42. The molecule has 0 fully saturated rings. The van der Waals surface area contributed by atoms with Crippen LogP contribution in [0.25, 0.3) is 5.82 Å². The fourth-order valence-corrected chi connectivity index (χ4v) is 5.25. The van der Waals surface area contributed by atoms with Gasteiger partial charge in [0.05, 0.1) is 0 Å². The van der Waals surface area contributed by atoms with Crippen LogP contribution < -0.4 is 15.5 Å². The molecule has 1 aliphatic heterocycles. The van der Waals surface area contributed by atoms with Crippen LogP contribution in [0.5, 0.6) is 0 Å². The molecule has 0 spiro atoms. The SMILES string of the molecule is O=C(NCc1ccc(Cl)cc1)[C@H]1Cc2ccccc2CN1c1cc(-n2ccnc2)nc(NCc2cccc(Cl)c2)n1. The molecule has 1 atom stereocenters. The maximum Gasteiger partial charge on any atom is 0.243 e. The Balaban J connectivity index is 1.32. The predicted octanol–water partition coefficient (Wildman–Crippen LogP) is 5.83. The van der Waals surface area contributed by atoms with E-state index in [0.29, 0.717) is 53.7 Å². The second-order valence-corrected chi connectivity index (χ2v) is 10.7. The summed E-state index contributed by atoms with van der Waals surface area (Å²) in [6.07, 6.45) is 5.77. The lowest BCUT2D eigenvalue weighted by Gasteiger charge is -2.37. The molecular weight excluding hydrogens is 557 g/mol. The molecule has 0 saturated carbocycles. The fraction of sp³-hybridized carbons (Fsp3) is 0.161. The first kappa shape index (κ1) is 26.8. The molecule has 5 aromatic rings. The molecule has 2 aromatic heterocycles. The molecule has 0 saturated heterocycles. The van der Waals surface area contributed by atoms with Crippen molar-refractivity contribution in [3.63, 3.8) is 0 Å². The zero-order valence-electron chi connectivity index (χ0n) is 22.0. The molecule has 1 aliphatic rings. The summed E-state index contributed by atoms with van der Waals surface area (Å²) in [7, 11) is 0. The fourth-order valence-electron chi connectivity index (χ4n) is 4.91. The van der Waals surface area contributed by atoms with Gasteiger partial charge in [0.2, 0.25) is 11.9 Å². The van der Waals surface area contributed by atoms with Gasteiger partial charge in [-0.05, 0) is 46.5 Å². The van der Waals surface area contributed by atoms with E-state index in [2.05, 4.69) is 27.8 Å². The Bertz CT molecular complexity index is 1660. The topological polar surface area (TPSA) is 88.0 Å². The van der Waals surface area contributed by atoms with E-state index in [0.717, 1.165) is 22.3 Å². The molecule has 0 unspecified atom stereocenters. The molecule has 0 radical (unpaired) electrons. The van der Waals surface area contributed by atoms with Gasteiger partial charge in [0, 0.05) is 54.6 Å². The molecule has 3 aromatic carbocycles. The third-order valence-electron chi connectivity index (χ3n) is 7.03. The number of halogens is 2. The largest absolute Gasteiger partial charge is 0.350 e. The summed E-state index contributed by atoms with van der Waals surface area (Å²) in [5.74, 6) is 1.63. The Morgan fingerprint density at radius 1 is 0.854 bits per heavy atom. The molecule has 0 bridgehead atoms. The van der Waals surface area contributed by atoms with Gasteiger partial charge in [0.15, 0.2) is 0 Å². The van der Waals surface area contributed by atoms with E-state index in [-0.39, 0.29) is 5.91 Å². The highest BCUT2D eigenvalue weighted by Gasteiger charge is 2.33. The first-order valence-corrected chi connectivity index (χ1v) is 14.0. The Hall–Kier alpha value is -4.40. The van der Waals surface area contributed by atoms with Crippen molar-refractivity contribution in [3.8, 4) is 5.82 Å². The molecular formula is C31H27Cl2N7O. The van der Waals surface area contributed by atoms with E-state index in [9.17, 15) is 4.79 Å². The number of fused-ring (bicyclic) bond motifs is 1. The smallest absolute Gasteiger partial charge is 0.243 e. The Morgan fingerprint density at radius 2 is 1.66 bits per heavy atom. The van der Waals surface area contributed by atoms with Crippen LogP contribution in [0.3, 0.4) is 0 Å². The monoisotopic (exact) mass is 583 g/mol. The van der Waals surface area contributed by atoms with Crippen molar-refractivity contribution in [2.24, 2.45) is 0 Å². The standard InChI is InChI=1S/C31H27Cl2N7O/c32-25-10-8-21(9-11-25)17-35-30(41)27-15-23-5-1-2-6-24(23)19-40(27)29-16-28(39-13-12-34-20-39)37-31(38-29)36-18-22-4-3-7-26(33)14-22/h1-14,16,20,27H,15,17-19H2,(H,35,41)(H,36,37,38)/t27-/m1/s1. The maximum atomic E-state index is 13.7. The summed E-state index contributed by atoms with van der Waals surface area (Å²) < 4.78 is 1.82. The zero-order chi connectivity index (χ0) is 28.2. The van der Waals surface area contributed by atoms with Crippen LogP contribution in [-0.2, 0) is 30.8 Å². The first-order valence-electron chi connectivity index (χ1n) is 13.2. The summed E-state index contributed by atoms with van der Waals surface area (Å²) in [6, 6.07) is 24.7. The van der Waals surface area contributed by atoms with Crippen LogP contribution >= 0.6 is 23.2 Å². The molecule has 1 amide bonds. The van der Waals surface area contributed by atoms with Gasteiger partial charge in [-0.3, -0.25) is 9.36 Å². The number of rotatable bonds is 8. The van der Waals surface area contributed by atoms with Crippen LogP contribution in [0.1, 0.15) is 22.3 Å². The lowest BCUT2D eigenvalue weighted by molar-refractivity contribution is -0.122. The number of hydrogen-bond donors (Lipinski definition) is 2. The summed E-state index contributed by atoms with van der Waals surface area (Å²) in [4.78, 5) is 29.6. The summed E-state index contributed by atoms with van der Waals surface area (Å²) >= 11 is 12.2. The second-order valence-electron chi connectivity index (χ2n) is 9.82. The van der Waals surface area contributed by atoms with Crippen LogP contribution in [0.15, 0.2) is 97.6 Å². The van der Waals surface area contributed by atoms with E-state index in [1.165, 1.54) is 0 Å². The Kier molecular flexibility index (Phi) is 7.84. The number of imidazole rings is 1. The molecule has 6 rings (SSSR count). The van der Waals surface area contributed by atoms with Crippen LogP contribution in [0.2, 0.25) is 10.0 Å². The minimum atomic E-state index is -0.469. The Morgan fingerprint density at radius 3 is 2.44 bits per heavy atom. The number of nitrogens with one attached hydrogen (secondary N) is 2. The van der Waals surface area contributed by atoms with Crippen molar-refractivity contribution in [2.45, 2.75) is 32.1 Å². The lowest BCUT2D eigenvalue weighted by Crippen LogP contribution is -2.50. The van der Waals surface area contributed by atoms with Gasteiger partial charge in [-0.15, -0.1) is 0 Å². The second kappa shape index (κ2) is 12.0. The summed E-state index contributed by atoms with van der Waals surface area (Å²) in [5, 5.41) is 7.77. The third kappa shape index (κ3) is 6.34. The van der Waals surface area contributed by atoms with Crippen LogP contribution in [0, 0.1) is 0 Å². The van der Waals surface area contributed by atoms with Gasteiger partial charge >= 0.3 is 0 Å². The molecule has 41 heavy (non-hydrogen) atoms. The summed E-state index contributed by atoms with van der Waals surface area (Å²) in [5.41, 5.74) is 4.29. The molecule has 2 N–H and O–H groups in total. The first-order chi connectivity index (χ1) is 20.0.